The topological polar surface area (TPSA) is 98.1 Å². The Morgan fingerprint density at radius 2 is 1.69 bits per heavy atom. The molecule has 0 bridgehead atoms. The Morgan fingerprint density at radius 3 is 2.26 bits per heavy atom. The molecule has 0 radical (unpaired) electrons. The van der Waals surface area contributed by atoms with Crippen LogP contribution in [0.25, 0.3) is 5.57 Å². The van der Waals surface area contributed by atoms with E-state index in [1.165, 1.54) is 38.2 Å². The van der Waals surface area contributed by atoms with E-state index in [9.17, 15) is 24.9 Å². The molecule has 0 aromatic heterocycles. The van der Waals surface area contributed by atoms with E-state index in [1.807, 2.05) is 6.92 Å². The summed E-state index contributed by atoms with van der Waals surface area (Å²) in [5.41, 5.74) is 1.34. The van der Waals surface area contributed by atoms with Crippen molar-refractivity contribution in [1.29, 1.82) is 0 Å². The number of ketones is 2. The molecule has 5 aliphatic rings. The molecule has 6 heteroatoms. The lowest BCUT2D eigenvalue weighted by Gasteiger charge is -2.58. The number of fused-ring (bicyclic) bond motifs is 3. The van der Waals surface area contributed by atoms with Gasteiger partial charge in [0.2, 0.25) is 0 Å². The van der Waals surface area contributed by atoms with Crippen molar-refractivity contribution >= 4 is 17.1 Å². The molecule has 208 valence electrons. The summed E-state index contributed by atoms with van der Waals surface area (Å²) < 4.78 is 0. The molecule has 1 aromatic rings. The third-order valence-corrected chi connectivity index (χ3v) is 10.3. The van der Waals surface area contributed by atoms with Crippen molar-refractivity contribution in [2.75, 3.05) is 13.1 Å². The molecule has 0 amide bonds. The van der Waals surface area contributed by atoms with Crippen molar-refractivity contribution in [2.24, 2.45) is 22.7 Å². The molecule has 5 aliphatic carbocycles. The van der Waals surface area contributed by atoms with Gasteiger partial charge < -0.3 is 15.3 Å². The van der Waals surface area contributed by atoms with E-state index in [-0.39, 0.29) is 17.7 Å². The van der Waals surface area contributed by atoms with Gasteiger partial charge in [-0.1, -0.05) is 26.5 Å². The van der Waals surface area contributed by atoms with Crippen LogP contribution in [0.3, 0.4) is 0 Å². The quantitative estimate of drug-likeness (QED) is 0.407. The van der Waals surface area contributed by atoms with E-state index in [0.29, 0.717) is 29.6 Å². The van der Waals surface area contributed by atoms with Gasteiger partial charge in [0.15, 0.2) is 11.6 Å². The minimum absolute atomic E-state index is 0.0224. The van der Waals surface area contributed by atoms with Gasteiger partial charge >= 0.3 is 0 Å². The summed E-state index contributed by atoms with van der Waals surface area (Å²) in [5, 5.41) is 34.6. The lowest BCUT2D eigenvalue weighted by Crippen LogP contribution is -2.60. The molecule has 1 aromatic carbocycles. The van der Waals surface area contributed by atoms with Crippen molar-refractivity contribution in [3.05, 3.63) is 57.9 Å². The zero-order valence-corrected chi connectivity index (χ0v) is 23.7. The predicted octanol–water partition coefficient (Wildman–Crippen LogP) is 5.42. The normalized spacial score (nSPS) is 32.4. The number of aliphatic hydroxyl groups excluding tert-OH is 1. The van der Waals surface area contributed by atoms with E-state index < -0.39 is 33.8 Å². The number of benzene rings is 1. The van der Waals surface area contributed by atoms with Gasteiger partial charge in [-0.3, -0.25) is 14.5 Å². The highest BCUT2D eigenvalue weighted by Gasteiger charge is 2.64. The summed E-state index contributed by atoms with van der Waals surface area (Å²) >= 11 is 0. The third-order valence-electron chi connectivity index (χ3n) is 10.3. The summed E-state index contributed by atoms with van der Waals surface area (Å²) in [6.07, 6.45) is 6.29. The van der Waals surface area contributed by atoms with Gasteiger partial charge in [-0.25, -0.2) is 0 Å². The fourth-order valence-corrected chi connectivity index (χ4v) is 8.33. The average Bonchev–Trinajstić information content (AvgIpc) is 3.75. The van der Waals surface area contributed by atoms with E-state index in [1.54, 1.807) is 13.0 Å². The van der Waals surface area contributed by atoms with Crippen LogP contribution in [0.2, 0.25) is 0 Å². The van der Waals surface area contributed by atoms with E-state index in [2.05, 4.69) is 24.5 Å². The minimum Gasteiger partial charge on any atom is -0.508 e. The van der Waals surface area contributed by atoms with E-state index >= 15 is 0 Å². The van der Waals surface area contributed by atoms with Crippen LogP contribution in [0.15, 0.2) is 41.2 Å². The molecule has 6 nitrogen and oxygen atoms in total. The summed E-state index contributed by atoms with van der Waals surface area (Å²) in [7, 11) is 0. The smallest absolute Gasteiger partial charge is 0.170 e. The molecule has 0 unspecified atom stereocenters. The maximum absolute atomic E-state index is 13.1. The number of phenols is 1. The lowest BCUT2D eigenvalue weighted by molar-refractivity contribution is -0.135. The van der Waals surface area contributed by atoms with Crippen LogP contribution in [-0.4, -0.2) is 50.5 Å². The van der Waals surface area contributed by atoms with Crippen molar-refractivity contribution in [3.63, 3.8) is 0 Å². The molecule has 39 heavy (non-hydrogen) atoms. The first-order valence-corrected chi connectivity index (χ1v) is 14.5. The van der Waals surface area contributed by atoms with Crippen LogP contribution in [-0.2, 0) is 22.6 Å². The molecule has 3 N–H and O–H groups in total. The van der Waals surface area contributed by atoms with Crippen LogP contribution in [0.1, 0.15) is 82.9 Å². The maximum atomic E-state index is 13.1. The number of carbonyl (C=O) groups excluding carboxylic acids is 2. The number of hydrogen-bond acceptors (Lipinski definition) is 6. The molecule has 6 rings (SSSR count). The first-order valence-electron chi connectivity index (χ1n) is 14.5. The number of rotatable bonds is 7. The fraction of sp³-hybridized carbons (Fsp3) is 0.576. The second kappa shape index (κ2) is 8.65. The van der Waals surface area contributed by atoms with E-state index in [0.717, 1.165) is 42.6 Å². The highest BCUT2D eigenvalue weighted by atomic mass is 16.3. The van der Waals surface area contributed by atoms with Crippen molar-refractivity contribution < 1.29 is 24.9 Å². The summed E-state index contributed by atoms with van der Waals surface area (Å²) in [4.78, 5) is 28.0. The molecular formula is C33H41NO5. The van der Waals surface area contributed by atoms with E-state index in [4.69, 9.17) is 0 Å². The monoisotopic (exact) mass is 531 g/mol. The van der Waals surface area contributed by atoms with Crippen molar-refractivity contribution in [3.8, 4) is 5.75 Å². The molecule has 3 atom stereocenters. The van der Waals surface area contributed by atoms with Gasteiger partial charge in [0.1, 0.15) is 22.7 Å². The predicted molar refractivity (Wildman–Crippen MR) is 150 cm³/mol. The Hall–Kier alpha value is -2.70. The van der Waals surface area contributed by atoms with Crippen LogP contribution >= 0.6 is 0 Å². The first kappa shape index (κ1) is 26.5. The zero-order chi connectivity index (χ0) is 28.1. The van der Waals surface area contributed by atoms with Crippen LogP contribution in [0.4, 0.5) is 0 Å². The summed E-state index contributed by atoms with van der Waals surface area (Å²) in [6, 6.07) is 3.81. The van der Waals surface area contributed by atoms with Crippen LogP contribution in [0.5, 0.6) is 5.75 Å². The Balaban J connectivity index is 1.47. The second-order valence-corrected chi connectivity index (χ2v) is 13.7. The SMILES string of the molecule is C=C1C2=C(C)[C@@]3(O)C(O)=C(C(C)=O)C(=O)C[C@@]3(C)C[C@@]2(C)Cc2c(CN(CC3CC3)CC3CC3)ccc(O)c21. The van der Waals surface area contributed by atoms with Crippen molar-refractivity contribution in [2.45, 2.75) is 84.8 Å². The Kier molecular flexibility index (Phi) is 5.88. The van der Waals surface area contributed by atoms with Gasteiger partial charge in [0.05, 0.1) is 0 Å². The van der Waals surface area contributed by atoms with Gasteiger partial charge in [-0.05, 0) is 104 Å². The Morgan fingerprint density at radius 1 is 1.08 bits per heavy atom. The molecule has 2 saturated carbocycles. The largest absolute Gasteiger partial charge is 0.508 e. The molecule has 0 aliphatic heterocycles. The van der Waals surface area contributed by atoms with Crippen LogP contribution in [0, 0.1) is 22.7 Å². The number of aliphatic hydroxyl groups is 2. The summed E-state index contributed by atoms with van der Waals surface area (Å²) in [6.45, 7) is 14.5. The first-order chi connectivity index (χ1) is 18.3. The van der Waals surface area contributed by atoms with Crippen molar-refractivity contribution in [1.82, 2.24) is 4.90 Å². The lowest BCUT2D eigenvalue weighted by atomic mass is 9.47. The maximum Gasteiger partial charge on any atom is 0.170 e. The summed E-state index contributed by atoms with van der Waals surface area (Å²) in [5.74, 6) is 0.240. The van der Waals surface area contributed by atoms with Gasteiger partial charge in [0, 0.05) is 37.0 Å². The number of phenolic OH excluding ortho intramolecular Hbond substituents is 1. The van der Waals surface area contributed by atoms with Gasteiger partial charge in [-0.2, -0.15) is 0 Å². The molecule has 0 heterocycles. The Bertz CT molecular complexity index is 1360. The number of allylic oxidation sites excluding steroid dienone is 3. The fourth-order valence-electron chi connectivity index (χ4n) is 8.33. The highest BCUT2D eigenvalue weighted by molar-refractivity contribution is 6.21. The number of nitrogens with zero attached hydrogens (tertiary/aromatic N) is 1. The Labute approximate surface area is 231 Å². The number of hydrogen-bond donors (Lipinski definition) is 3. The third kappa shape index (κ3) is 3.97. The number of Topliss-reactive ketones (excluding diaryl/α,β-unsaturated/α-hetero) is 2. The number of carbonyl (C=O) groups is 2. The van der Waals surface area contributed by atoms with Crippen LogP contribution < -0.4 is 0 Å². The zero-order valence-electron chi connectivity index (χ0n) is 23.7. The second-order valence-electron chi connectivity index (χ2n) is 13.7. The minimum atomic E-state index is -1.87. The van der Waals surface area contributed by atoms with Gasteiger partial charge in [0.25, 0.3) is 0 Å². The molecule has 2 fully saturated rings. The standard InChI is InChI=1S/C33H41NO5/c1-18-27-24(23(10-11-25(27)36)16-34(14-21-6-7-21)15-22-8-9-22)12-31(4)17-32(5)13-26(37)28(20(3)35)30(38)33(32,39)19(2)29(18)31/h10-11,21-22,36,38-39H,1,6-9,12-17H2,2-5H3/t31-,32+,33-/m1/s1. The molecule has 0 spiro atoms. The highest BCUT2D eigenvalue weighted by Crippen LogP contribution is 2.65. The number of aromatic hydroxyl groups is 1. The molecule has 0 saturated heterocycles. The average molecular weight is 532 g/mol. The van der Waals surface area contributed by atoms with Gasteiger partial charge in [-0.15, -0.1) is 0 Å². The molecular weight excluding hydrogens is 490 g/mol.